The largest absolute Gasteiger partial charge is 0.354 e. The molecule has 2 N–H and O–H groups in total. The van der Waals surface area contributed by atoms with Gasteiger partial charge in [-0.3, -0.25) is 9.59 Å². The highest BCUT2D eigenvalue weighted by molar-refractivity contribution is 9.13. The average molecular weight is 881 g/mol. The lowest BCUT2D eigenvalue weighted by Gasteiger charge is -2.23. The van der Waals surface area contributed by atoms with Crippen LogP contribution in [0.2, 0.25) is 0 Å². The molecule has 2 amide bonds. The van der Waals surface area contributed by atoms with Gasteiger partial charge in [-0.2, -0.15) is 0 Å². The highest BCUT2D eigenvalue weighted by Crippen LogP contribution is 2.31. The summed E-state index contributed by atoms with van der Waals surface area (Å²) in [5, 5.41) is 6.15. The lowest BCUT2D eigenvalue weighted by atomic mass is 9.97. The van der Waals surface area contributed by atoms with Gasteiger partial charge < -0.3 is 10.6 Å². The lowest BCUT2D eigenvalue weighted by molar-refractivity contribution is -0.130. The molecule has 0 aliphatic carbocycles. The first kappa shape index (κ1) is 44.9. The molecule has 0 saturated carbocycles. The minimum atomic E-state index is -0.432. The average Bonchev–Trinajstić information content (AvgIpc) is 3.01. The number of unbranched alkanes of at least 4 members (excludes halogenated alkanes) is 15. The van der Waals surface area contributed by atoms with Crippen LogP contribution in [-0.4, -0.2) is 43.7 Å². The van der Waals surface area contributed by atoms with Gasteiger partial charge in [-0.25, -0.2) is 0 Å². The van der Waals surface area contributed by atoms with Crippen LogP contribution in [0.4, 0.5) is 0 Å². The van der Waals surface area contributed by atoms with Crippen LogP contribution in [0.15, 0.2) is 0 Å². The van der Waals surface area contributed by atoms with Crippen molar-refractivity contribution < 1.29 is 9.59 Å². The Morgan fingerprint density at radius 1 is 0.568 bits per heavy atom. The summed E-state index contributed by atoms with van der Waals surface area (Å²) < 4.78 is 0. The number of amides is 2. The number of rotatable bonds is 31. The Hall–Kier alpha value is 0.860. The number of hydrogen-bond donors (Lipinski definition) is 2. The van der Waals surface area contributed by atoms with E-state index in [-0.39, 0.29) is 17.7 Å². The Bertz CT molecular complexity index is 685. The molecule has 44 heavy (non-hydrogen) atoms. The summed E-state index contributed by atoms with van der Waals surface area (Å²) in [5.41, 5.74) is 0. The molecule has 0 aliphatic heterocycles. The number of carbonyl (C=O) groups is 2. The number of halogens is 4. The molecule has 0 spiro atoms. The van der Waals surface area contributed by atoms with Gasteiger partial charge in [0.05, 0.1) is 0 Å². The van der Waals surface area contributed by atoms with E-state index >= 15 is 0 Å². The van der Waals surface area contributed by atoms with E-state index in [9.17, 15) is 9.59 Å². The second-order valence-corrected chi connectivity index (χ2v) is 17.7. The van der Waals surface area contributed by atoms with E-state index in [1.54, 1.807) is 0 Å². The molecule has 0 radical (unpaired) electrons. The minimum absolute atomic E-state index is 0.0103. The van der Waals surface area contributed by atoms with Gasteiger partial charge in [-0.05, 0) is 38.0 Å². The topological polar surface area (TPSA) is 58.2 Å². The molecule has 5 unspecified atom stereocenters. The summed E-state index contributed by atoms with van der Waals surface area (Å²) in [6.45, 7) is 9.36. The maximum absolute atomic E-state index is 12.9. The van der Waals surface area contributed by atoms with E-state index in [0.29, 0.717) is 32.3 Å². The molecule has 4 nitrogen and oxygen atoms in total. The third-order valence-corrected chi connectivity index (χ3v) is 14.5. The van der Waals surface area contributed by atoms with E-state index in [1.165, 1.54) is 89.9 Å². The molecule has 262 valence electrons. The summed E-state index contributed by atoms with van der Waals surface area (Å²) in [6.07, 6.45) is 27.0. The third-order valence-electron chi connectivity index (χ3n) is 8.84. The molecule has 6 atom stereocenters. The van der Waals surface area contributed by atoms with Crippen molar-refractivity contribution in [3.8, 4) is 0 Å². The number of alkyl halides is 4. The Balaban J connectivity index is 4.07. The molecule has 0 fully saturated rings. The van der Waals surface area contributed by atoms with Crippen molar-refractivity contribution in [1.82, 2.24) is 10.6 Å². The van der Waals surface area contributed by atoms with E-state index in [1.807, 2.05) is 0 Å². The fraction of sp³-hybridized carbons (Fsp3) is 0.944. The first-order chi connectivity index (χ1) is 21.2. The van der Waals surface area contributed by atoms with Gasteiger partial charge in [0.2, 0.25) is 11.8 Å². The van der Waals surface area contributed by atoms with Crippen molar-refractivity contribution >= 4 is 75.5 Å². The Kier molecular flexibility index (Phi) is 31.8. The molecule has 0 aromatic rings. The van der Waals surface area contributed by atoms with E-state index in [0.717, 1.165) is 51.4 Å². The summed E-state index contributed by atoms with van der Waals surface area (Å²) in [5.74, 6) is 0.118. The SMILES string of the molecule is CCCCCCCCCCCCNC(=O)[C@@H](NC(=O)CCCCCCCC(Br)C(Br)CC(Br)C(Br)CCCCC)C(C)CC. The van der Waals surface area contributed by atoms with Crippen molar-refractivity contribution in [2.24, 2.45) is 5.92 Å². The molecule has 8 heteroatoms. The predicted octanol–water partition coefficient (Wildman–Crippen LogP) is 12.3. The molecule has 0 saturated heterocycles. The van der Waals surface area contributed by atoms with Crippen LogP contribution in [0.1, 0.15) is 175 Å². The van der Waals surface area contributed by atoms with Crippen LogP contribution in [0.25, 0.3) is 0 Å². The monoisotopic (exact) mass is 876 g/mol. The normalized spacial score (nSPS) is 15.7. The molecule has 0 aromatic heterocycles. The van der Waals surface area contributed by atoms with Crippen molar-refractivity contribution in [3.63, 3.8) is 0 Å². The molecular weight excluding hydrogens is 812 g/mol. The van der Waals surface area contributed by atoms with Gasteiger partial charge in [-0.1, -0.05) is 201 Å². The maximum atomic E-state index is 12.9. The second-order valence-electron chi connectivity index (χ2n) is 13.0. The Morgan fingerprint density at radius 2 is 1.00 bits per heavy atom. The van der Waals surface area contributed by atoms with Crippen molar-refractivity contribution in [2.75, 3.05) is 6.54 Å². The van der Waals surface area contributed by atoms with Crippen LogP contribution in [-0.2, 0) is 9.59 Å². The van der Waals surface area contributed by atoms with E-state index in [2.05, 4.69) is 102 Å². The minimum Gasteiger partial charge on any atom is -0.354 e. The molecule has 0 bridgehead atoms. The maximum Gasteiger partial charge on any atom is 0.242 e. The third kappa shape index (κ3) is 25.0. The van der Waals surface area contributed by atoms with Crippen LogP contribution >= 0.6 is 63.7 Å². The molecule has 0 aromatic carbocycles. The Morgan fingerprint density at radius 3 is 1.52 bits per heavy atom. The molecule has 0 rings (SSSR count). The Labute approximate surface area is 306 Å². The smallest absolute Gasteiger partial charge is 0.242 e. The zero-order valence-electron chi connectivity index (χ0n) is 28.8. The van der Waals surface area contributed by atoms with Crippen molar-refractivity contribution in [3.05, 3.63) is 0 Å². The van der Waals surface area contributed by atoms with Gasteiger partial charge in [0.15, 0.2) is 0 Å². The van der Waals surface area contributed by atoms with E-state index in [4.69, 9.17) is 0 Å². The van der Waals surface area contributed by atoms with Crippen LogP contribution in [0, 0.1) is 5.92 Å². The van der Waals surface area contributed by atoms with Crippen LogP contribution in [0.5, 0.6) is 0 Å². The highest BCUT2D eigenvalue weighted by Gasteiger charge is 2.26. The van der Waals surface area contributed by atoms with Gasteiger partial charge in [0.1, 0.15) is 6.04 Å². The summed E-state index contributed by atoms with van der Waals surface area (Å²) in [7, 11) is 0. The number of hydrogen-bond acceptors (Lipinski definition) is 2. The summed E-state index contributed by atoms with van der Waals surface area (Å²) >= 11 is 15.6. The van der Waals surface area contributed by atoms with Crippen LogP contribution < -0.4 is 10.6 Å². The highest BCUT2D eigenvalue weighted by atomic mass is 79.9. The standard InChI is InChI=1S/C36H68Br4N2O2/c1-5-8-10-11-12-13-14-15-19-23-27-41-36(44)35(29(4)7-3)42-34(43)26-22-18-16-17-21-25-31(38)33(40)28-32(39)30(37)24-20-9-6-2/h29-33,35H,5-28H2,1-4H3,(H,41,44)(H,42,43)/t29?,30?,31?,32?,33?,35-/m0/s1. The zero-order chi connectivity index (χ0) is 33.0. The fourth-order valence-electron chi connectivity index (χ4n) is 5.50. The zero-order valence-corrected chi connectivity index (χ0v) is 35.1. The first-order valence-corrected chi connectivity index (χ1v) is 22.0. The molecule has 0 heterocycles. The summed E-state index contributed by atoms with van der Waals surface area (Å²) in [4.78, 5) is 27.5. The fourth-order valence-corrected chi connectivity index (χ4v) is 8.41. The van der Waals surface area contributed by atoms with Crippen molar-refractivity contribution in [1.29, 1.82) is 0 Å². The quantitative estimate of drug-likeness (QED) is 0.0538. The lowest BCUT2D eigenvalue weighted by Crippen LogP contribution is -2.50. The van der Waals surface area contributed by atoms with Gasteiger partial charge in [-0.15, -0.1) is 0 Å². The second kappa shape index (κ2) is 31.1. The summed E-state index contributed by atoms with van der Waals surface area (Å²) in [6, 6.07) is -0.432. The van der Waals surface area contributed by atoms with Crippen molar-refractivity contribution in [2.45, 2.75) is 201 Å². The molecule has 0 aliphatic rings. The van der Waals surface area contributed by atoms with Gasteiger partial charge in [0, 0.05) is 32.3 Å². The van der Waals surface area contributed by atoms with Gasteiger partial charge in [0.25, 0.3) is 0 Å². The van der Waals surface area contributed by atoms with E-state index < -0.39 is 6.04 Å². The van der Waals surface area contributed by atoms with Crippen LogP contribution in [0.3, 0.4) is 0 Å². The first-order valence-electron chi connectivity index (χ1n) is 18.3. The number of nitrogens with one attached hydrogen (secondary N) is 2. The predicted molar refractivity (Wildman–Crippen MR) is 208 cm³/mol. The molecular formula is C36H68Br4N2O2. The number of carbonyl (C=O) groups excluding carboxylic acids is 2. The van der Waals surface area contributed by atoms with Gasteiger partial charge >= 0.3 is 0 Å².